The van der Waals surface area contributed by atoms with E-state index in [0.29, 0.717) is 11.5 Å². The summed E-state index contributed by atoms with van der Waals surface area (Å²) < 4.78 is 17.4. The number of thioether (sulfide) groups is 1. The van der Waals surface area contributed by atoms with Crippen molar-refractivity contribution in [2.24, 2.45) is 0 Å². The summed E-state index contributed by atoms with van der Waals surface area (Å²) >= 11 is 1.14. The predicted molar refractivity (Wildman–Crippen MR) is 106 cm³/mol. The minimum Gasteiger partial charge on any atom is -0.418 e. The summed E-state index contributed by atoms with van der Waals surface area (Å²) in [6, 6.07) is 17.0. The van der Waals surface area contributed by atoms with E-state index in [1.165, 1.54) is 0 Å². The van der Waals surface area contributed by atoms with Crippen molar-refractivity contribution in [1.29, 1.82) is 0 Å². The highest BCUT2D eigenvalue weighted by Crippen LogP contribution is 2.36. The summed E-state index contributed by atoms with van der Waals surface area (Å²) in [5.41, 5.74) is 1.31. The Morgan fingerprint density at radius 1 is 0.962 bits per heavy atom. The molecule has 0 aromatic heterocycles. The van der Waals surface area contributed by atoms with Gasteiger partial charge in [0.25, 0.3) is 0 Å². The van der Waals surface area contributed by atoms with Crippen molar-refractivity contribution < 1.29 is 18.8 Å². The van der Waals surface area contributed by atoms with Gasteiger partial charge in [-0.25, -0.2) is 4.79 Å². The zero-order valence-corrected chi connectivity index (χ0v) is 16.3. The normalized spacial score (nSPS) is 17.9. The highest BCUT2D eigenvalue weighted by atomic mass is 32.2. The topological polar surface area (TPSA) is 44.8 Å². The van der Waals surface area contributed by atoms with Crippen LogP contribution in [0.25, 0.3) is 0 Å². The zero-order valence-electron chi connectivity index (χ0n) is 15.5. The van der Waals surface area contributed by atoms with Gasteiger partial charge in [0.2, 0.25) is 0 Å². The van der Waals surface area contributed by atoms with Gasteiger partial charge < -0.3 is 14.0 Å². The van der Waals surface area contributed by atoms with Gasteiger partial charge >= 0.3 is 12.4 Å². The Morgan fingerprint density at radius 3 is 2.12 bits per heavy atom. The molecule has 0 radical (unpaired) electrons. The molecule has 4 nitrogen and oxygen atoms in total. The average molecular weight is 370 g/mol. The molecule has 2 aromatic rings. The van der Waals surface area contributed by atoms with Crippen molar-refractivity contribution in [1.82, 2.24) is 0 Å². The van der Waals surface area contributed by atoms with Crippen LogP contribution in [0.15, 0.2) is 54.6 Å². The van der Waals surface area contributed by atoms with E-state index < -0.39 is 0 Å². The fourth-order valence-corrected chi connectivity index (χ4v) is 3.14. The van der Waals surface area contributed by atoms with Crippen molar-refractivity contribution in [3.05, 3.63) is 60.2 Å². The number of ether oxygens (including phenoxy) is 1. The molecule has 26 heavy (non-hydrogen) atoms. The third-order valence-corrected chi connectivity index (χ3v) is 5.60. The fourth-order valence-electron chi connectivity index (χ4n) is 2.51. The molecule has 136 valence electrons. The first-order valence-electron chi connectivity index (χ1n) is 8.61. The molecular weight excluding hydrogens is 347 g/mol. The first-order valence-corrected chi connectivity index (χ1v) is 9.59. The maximum absolute atomic E-state index is 11.9. The predicted octanol–water partition coefficient (Wildman–Crippen LogP) is 4.42. The number of carbonyl (C=O) groups is 1. The van der Waals surface area contributed by atoms with Gasteiger partial charge in [-0.1, -0.05) is 42.5 Å². The Kier molecular flexibility index (Phi) is 5.46. The molecule has 0 atom stereocenters. The highest BCUT2D eigenvalue weighted by Gasteiger charge is 2.51. The monoisotopic (exact) mass is 370 g/mol. The molecule has 3 rings (SSSR count). The van der Waals surface area contributed by atoms with Crippen LogP contribution >= 0.6 is 11.8 Å². The summed E-state index contributed by atoms with van der Waals surface area (Å²) in [5.74, 6) is 1.11. The third-order valence-electron chi connectivity index (χ3n) is 4.81. The lowest BCUT2D eigenvalue weighted by Gasteiger charge is -2.32. The fraction of sp³-hybridized carbons (Fsp3) is 0.350. The van der Waals surface area contributed by atoms with E-state index in [9.17, 15) is 4.79 Å². The first kappa shape index (κ1) is 19.0. The molecule has 0 N–H and O–H groups in total. The van der Waals surface area contributed by atoms with Crippen LogP contribution in [-0.4, -0.2) is 23.6 Å². The summed E-state index contributed by atoms with van der Waals surface area (Å²) in [5, 5.41) is -0.314. The van der Waals surface area contributed by atoms with Gasteiger partial charge in [-0.2, -0.15) is 0 Å². The summed E-state index contributed by atoms with van der Waals surface area (Å²) in [7, 11) is -0.371. The number of carbonyl (C=O) groups excluding carboxylic acids is 1. The van der Waals surface area contributed by atoms with E-state index >= 15 is 0 Å². The summed E-state index contributed by atoms with van der Waals surface area (Å²) in [4.78, 5) is 11.9. The van der Waals surface area contributed by atoms with Gasteiger partial charge in [0, 0.05) is 5.75 Å². The number of hydrogen-bond donors (Lipinski definition) is 0. The molecule has 1 aliphatic rings. The molecule has 1 heterocycles. The summed E-state index contributed by atoms with van der Waals surface area (Å²) in [6.45, 7) is 8.15. The SMILES string of the molecule is CC1(C)OB(c2ccc(CSC(=O)Oc3ccccc3)cc2)OC1(C)C. The molecule has 2 aromatic carbocycles. The van der Waals surface area contributed by atoms with Crippen molar-refractivity contribution >= 4 is 29.6 Å². The molecule has 0 unspecified atom stereocenters. The lowest BCUT2D eigenvalue weighted by atomic mass is 9.79. The molecule has 1 fully saturated rings. The number of hydrogen-bond acceptors (Lipinski definition) is 5. The molecule has 6 heteroatoms. The standard InChI is InChI=1S/C20H23BO4S/c1-19(2)20(3,4)25-21(24-19)16-12-10-15(11-13-16)14-26-18(22)23-17-8-6-5-7-9-17/h5-13H,14H2,1-4H3. The second-order valence-corrected chi connectivity index (χ2v) is 8.19. The molecule has 1 saturated heterocycles. The van der Waals surface area contributed by atoms with Crippen LogP contribution in [-0.2, 0) is 15.1 Å². The van der Waals surface area contributed by atoms with Gasteiger partial charge in [-0.3, -0.25) is 0 Å². The molecule has 0 saturated carbocycles. The Morgan fingerprint density at radius 2 is 1.54 bits per heavy atom. The van der Waals surface area contributed by atoms with E-state index in [1.807, 2.05) is 70.2 Å². The Bertz CT molecular complexity index is 743. The van der Waals surface area contributed by atoms with E-state index in [4.69, 9.17) is 14.0 Å². The van der Waals surface area contributed by atoms with Gasteiger partial charge in [-0.15, -0.1) is 0 Å². The number of para-hydroxylation sites is 1. The van der Waals surface area contributed by atoms with Crippen molar-refractivity contribution in [3.8, 4) is 5.75 Å². The van der Waals surface area contributed by atoms with Crippen molar-refractivity contribution in [2.75, 3.05) is 0 Å². The molecule has 0 bridgehead atoms. The molecule has 0 aliphatic carbocycles. The van der Waals surface area contributed by atoms with E-state index in [-0.39, 0.29) is 23.6 Å². The lowest BCUT2D eigenvalue weighted by Crippen LogP contribution is -2.41. The van der Waals surface area contributed by atoms with Crippen LogP contribution in [0.3, 0.4) is 0 Å². The Balaban J connectivity index is 1.54. The molecular formula is C20H23BO4S. The van der Waals surface area contributed by atoms with E-state index in [2.05, 4.69) is 0 Å². The van der Waals surface area contributed by atoms with Crippen LogP contribution < -0.4 is 10.2 Å². The van der Waals surface area contributed by atoms with Crippen LogP contribution in [0.5, 0.6) is 5.75 Å². The van der Waals surface area contributed by atoms with Crippen LogP contribution in [0.4, 0.5) is 4.79 Å². The van der Waals surface area contributed by atoms with Gasteiger partial charge in [-0.05, 0) is 62.6 Å². The van der Waals surface area contributed by atoms with Crippen molar-refractivity contribution in [2.45, 2.75) is 44.6 Å². The Labute approximate surface area is 159 Å². The zero-order chi connectivity index (χ0) is 18.8. The van der Waals surface area contributed by atoms with Crippen molar-refractivity contribution in [3.63, 3.8) is 0 Å². The second-order valence-electron chi connectivity index (χ2n) is 7.28. The van der Waals surface area contributed by atoms with E-state index in [0.717, 1.165) is 22.8 Å². The minimum atomic E-state index is -0.371. The van der Waals surface area contributed by atoms with Gasteiger partial charge in [0.15, 0.2) is 0 Å². The highest BCUT2D eigenvalue weighted by molar-refractivity contribution is 8.12. The van der Waals surface area contributed by atoms with Gasteiger partial charge in [0.05, 0.1) is 11.2 Å². The maximum Gasteiger partial charge on any atom is 0.494 e. The lowest BCUT2D eigenvalue weighted by molar-refractivity contribution is 0.00578. The minimum absolute atomic E-state index is 0.314. The average Bonchev–Trinajstić information content (AvgIpc) is 2.82. The number of rotatable bonds is 4. The molecule has 0 spiro atoms. The number of benzene rings is 2. The van der Waals surface area contributed by atoms with Crippen LogP contribution in [0.1, 0.15) is 33.3 Å². The second kappa shape index (κ2) is 7.47. The molecule has 0 amide bonds. The third kappa shape index (κ3) is 4.31. The van der Waals surface area contributed by atoms with Gasteiger partial charge in [0.1, 0.15) is 5.75 Å². The van der Waals surface area contributed by atoms with E-state index in [1.54, 1.807) is 12.1 Å². The first-order chi connectivity index (χ1) is 12.3. The molecule has 1 aliphatic heterocycles. The van der Waals surface area contributed by atoms with Crippen LogP contribution in [0, 0.1) is 0 Å². The summed E-state index contributed by atoms with van der Waals surface area (Å²) in [6.07, 6.45) is 0. The largest absolute Gasteiger partial charge is 0.494 e. The van der Waals surface area contributed by atoms with Crippen LogP contribution in [0.2, 0.25) is 0 Å². The quantitative estimate of drug-likeness (QED) is 0.589. The smallest absolute Gasteiger partial charge is 0.418 e. The maximum atomic E-state index is 11.9. The Hall–Kier alpha value is -1.76.